The summed E-state index contributed by atoms with van der Waals surface area (Å²) in [5.74, 6) is 1.47. The second kappa shape index (κ2) is 5.81. The molecule has 1 heterocycles. The quantitative estimate of drug-likeness (QED) is 0.937. The first-order valence-corrected chi connectivity index (χ1v) is 7.10. The molecular weight excluding hydrogens is 273 g/mol. The van der Waals surface area contributed by atoms with Crippen LogP contribution in [0.15, 0.2) is 22.7 Å². The monoisotopic (exact) mass is 291 g/mol. The van der Waals surface area contributed by atoms with Crippen LogP contribution in [0, 0.1) is 11.7 Å². The minimum Gasteiger partial charge on any atom is -0.494 e. The molecule has 2 atom stereocenters. The lowest BCUT2D eigenvalue weighted by molar-refractivity contribution is 0.326. The topological polar surface area (TPSA) is 74.2 Å². The van der Waals surface area contributed by atoms with Crippen LogP contribution in [0.1, 0.15) is 31.1 Å². The maximum absolute atomic E-state index is 13.4. The van der Waals surface area contributed by atoms with E-state index >= 15 is 0 Å². The molecule has 21 heavy (non-hydrogen) atoms. The molecule has 1 aromatic heterocycles. The molecule has 0 spiro atoms. The summed E-state index contributed by atoms with van der Waals surface area (Å²) < 4.78 is 23.8. The van der Waals surface area contributed by atoms with Crippen molar-refractivity contribution < 1.29 is 13.7 Å². The molecule has 0 bridgehead atoms. The van der Waals surface area contributed by atoms with Crippen LogP contribution in [0.5, 0.6) is 5.75 Å². The van der Waals surface area contributed by atoms with Gasteiger partial charge in [-0.2, -0.15) is 4.98 Å². The number of nitrogens with zero attached hydrogens (tertiary/aromatic N) is 2. The van der Waals surface area contributed by atoms with Gasteiger partial charge in [-0.15, -0.1) is 0 Å². The normalized spacial score (nSPS) is 21.7. The van der Waals surface area contributed by atoms with Gasteiger partial charge in [-0.3, -0.25) is 0 Å². The summed E-state index contributed by atoms with van der Waals surface area (Å²) in [6.45, 7) is 0.632. The number of hydrogen-bond acceptors (Lipinski definition) is 5. The van der Waals surface area contributed by atoms with Crippen molar-refractivity contribution in [3.8, 4) is 17.1 Å². The second-order valence-corrected chi connectivity index (χ2v) is 5.34. The zero-order valence-electron chi connectivity index (χ0n) is 11.9. The average Bonchev–Trinajstić information content (AvgIpc) is 3.16. The van der Waals surface area contributed by atoms with E-state index in [-0.39, 0.29) is 11.7 Å². The number of hydrogen-bond donors (Lipinski definition) is 1. The van der Waals surface area contributed by atoms with E-state index in [0.29, 0.717) is 29.7 Å². The van der Waals surface area contributed by atoms with Crippen molar-refractivity contribution in [1.29, 1.82) is 0 Å². The van der Waals surface area contributed by atoms with Gasteiger partial charge >= 0.3 is 0 Å². The Balaban J connectivity index is 1.88. The van der Waals surface area contributed by atoms with Crippen molar-refractivity contribution in [2.75, 3.05) is 13.7 Å². The largest absolute Gasteiger partial charge is 0.494 e. The third-order valence-electron chi connectivity index (χ3n) is 4.13. The predicted molar refractivity (Wildman–Crippen MR) is 75.4 cm³/mol. The summed E-state index contributed by atoms with van der Waals surface area (Å²) in [6, 6.07) is 4.52. The highest BCUT2D eigenvalue weighted by Gasteiger charge is 2.32. The third kappa shape index (κ3) is 2.63. The van der Waals surface area contributed by atoms with Crippen LogP contribution < -0.4 is 10.5 Å². The van der Waals surface area contributed by atoms with E-state index in [1.165, 1.54) is 13.2 Å². The fraction of sp³-hybridized carbons (Fsp3) is 0.467. The number of halogens is 1. The van der Waals surface area contributed by atoms with E-state index in [0.717, 1.165) is 19.3 Å². The van der Waals surface area contributed by atoms with Gasteiger partial charge in [0.05, 0.1) is 7.11 Å². The Kier molecular flexibility index (Phi) is 3.88. The van der Waals surface area contributed by atoms with Gasteiger partial charge in [-0.05, 0) is 43.5 Å². The first-order valence-electron chi connectivity index (χ1n) is 7.10. The van der Waals surface area contributed by atoms with Crippen LogP contribution >= 0.6 is 0 Å². The summed E-state index contributed by atoms with van der Waals surface area (Å²) in [6.07, 6.45) is 3.26. The van der Waals surface area contributed by atoms with E-state index in [9.17, 15) is 4.39 Å². The van der Waals surface area contributed by atoms with Crippen molar-refractivity contribution in [3.63, 3.8) is 0 Å². The molecule has 0 radical (unpaired) electrons. The number of ether oxygens (including phenoxy) is 1. The van der Waals surface area contributed by atoms with Gasteiger partial charge in [-0.1, -0.05) is 11.6 Å². The van der Waals surface area contributed by atoms with Gasteiger partial charge in [-0.25, -0.2) is 4.39 Å². The molecule has 1 aromatic carbocycles. The van der Waals surface area contributed by atoms with Crippen LogP contribution in [0.4, 0.5) is 4.39 Å². The summed E-state index contributed by atoms with van der Waals surface area (Å²) in [4.78, 5) is 4.45. The van der Waals surface area contributed by atoms with Crippen LogP contribution in [-0.2, 0) is 0 Å². The Morgan fingerprint density at radius 3 is 3.05 bits per heavy atom. The van der Waals surface area contributed by atoms with Gasteiger partial charge in [0.2, 0.25) is 11.7 Å². The van der Waals surface area contributed by atoms with Crippen LogP contribution in [-0.4, -0.2) is 23.8 Å². The molecule has 1 aliphatic rings. The molecule has 1 fully saturated rings. The average molecular weight is 291 g/mol. The standard InChI is InChI=1S/C15H18FN3O2/c1-20-13-7-9(5-6-12(13)16)14-18-15(21-19-14)11-4-2-3-10(11)8-17/h5-7,10-11H,2-4,8,17H2,1H3. The fourth-order valence-electron chi connectivity index (χ4n) is 2.95. The molecule has 112 valence electrons. The minimum atomic E-state index is -0.413. The first-order chi connectivity index (χ1) is 10.2. The maximum atomic E-state index is 13.4. The zero-order chi connectivity index (χ0) is 14.8. The SMILES string of the molecule is COc1cc(-c2noc(C3CCCC3CN)n2)ccc1F. The van der Waals surface area contributed by atoms with Gasteiger partial charge in [0.15, 0.2) is 11.6 Å². The first kappa shape index (κ1) is 14.0. The van der Waals surface area contributed by atoms with Gasteiger partial charge < -0.3 is 15.0 Å². The second-order valence-electron chi connectivity index (χ2n) is 5.34. The number of benzene rings is 1. The lowest BCUT2D eigenvalue weighted by atomic mass is 9.96. The Labute approximate surface area is 122 Å². The van der Waals surface area contributed by atoms with E-state index < -0.39 is 5.82 Å². The van der Waals surface area contributed by atoms with Crippen LogP contribution in [0.2, 0.25) is 0 Å². The highest BCUT2D eigenvalue weighted by molar-refractivity contribution is 5.57. The van der Waals surface area contributed by atoms with E-state index in [1.807, 2.05) is 0 Å². The molecule has 2 N–H and O–H groups in total. The number of aromatic nitrogens is 2. The minimum absolute atomic E-state index is 0.166. The summed E-state index contributed by atoms with van der Waals surface area (Å²) in [7, 11) is 1.42. The molecule has 1 aliphatic carbocycles. The smallest absolute Gasteiger partial charge is 0.230 e. The highest BCUT2D eigenvalue weighted by atomic mass is 19.1. The Morgan fingerprint density at radius 2 is 2.29 bits per heavy atom. The molecule has 6 heteroatoms. The molecule has 0 saturated heterocycles. The van der Waals surface area contributed by atoms with Crippen molar-refractivity contribution >= 4 is 0 Å². The van der Waals surface area contributed by atoms with Gasteiger partial charge in [0.25, 0.3) is 0 Å². The lowest BCUT2D eigenvalue weighted by Crippen LogP contribution is -2.17. The summed E-state index contributed by atoms with van der Waals surface area (Å²) in [5.41, 5.74) is 6.46. The molecule has 2 unspecified atom stereocenters. The van der Waals surface area contributed by atoms with E-state index in [4.69, 9.17) is 15.0 Å². The molecule has 3 rings (SSSR count). The molecule has 5 nitrogen and oxygen atoms in total. The predicted octanol–water partition coefficient (Wildman–Crippen LogP) is 2.73. The van der Waals surface area contributed by atoms with E-state index in [2.05, 4.69) is 10.1 Å². The zero-order valence-corrected chi connectivity index (χ0v) is 11.9. The molecular formula is C15H18FN3O2. The Hall–Kier alpha value is -1.95. The highest BCUT2D eigenvalue weighted by Crippen LogP contribution is 2.38. The van der Waals surface area contributed by atoms with Gasteiger partial charge in [0, 0.05) is 11.5 Å². The summed E-state index contributed by atoms with van der Waals surface area (Å²) >= 11 is 0. The van der Waals surface area contributed by atoms with Crippen molar-refractivity contribution in [3.05, 3.63) is 29.9 Å². The van der Waals surface area contributed by atoms with Crippen LogP contribution in [0.3, 0.4) is 0 Å². The van der Waals surface area contributed by atoms with Crippen molar-refractivity contribution in [2.45, 2.75) is 25.2 Å². The van der Waals surface area contributed by atoms with Crippen molar-refractivity contribution in [1.82, 2.24) is 10.1 Å². The third-order valence-corrected chi connectivity index (χ3v) is 4.13. The van der Waals surface area contributed by atoms with E-state index in [1.54, 1.807) is 12.1 Å². The molecule has 0 aliphatic heterocycles. The molecule has 0 amide bonds. The summed E-state index contributed by atoms with van der Waals surface area (Å²) in [5, 5.41) is 4.00. The van der Waals surface area contributed by atoms with Crippen LogP contribution in [0.25, 0.3) is 11.4 Å². The molecule has 2 aromatic rings. The molecule has 1 saturated carbocycles. The fourth-order valence-corrected chi connectivity index (χ4v) is 2.95. The Morgan fingerprint density at radius 1 is 1.43 bits per heavy atom. The van der Waals surface area contributed by atoms with Gasteiger partial charge in [0.1, 0.15) is 0 Å². The maximum Gasteiger partial charge on any atom is 0.230 e. The van der Waals surface area contributed by atoms with Crippen molar-refractivity contribution in [2.24, 2.45) is 11.7 Å². The number of nitrogens with two attached hydrogens (primary N) is 1. The number of rotatable bonds is 4. The lowest BCUT2D eigenvalue weighted by Gasteiger charge is -2.12. The Bertz CT molecular complexity index is 629. The number of methoxy groups -OCH3 is 1.